The van der Waals surface area contributed by atoms with Gasteiger partial charge in [0.15, 0.2) is 0 Å². The van der Waals surface area contributed by atoms with Gasteiger partial charge in [0, 0.05) is 6.54 Å². The van der Waals surface area contributed by atoms with Crippen molar-refractivity contribution in [1.82, 2.24) is 4.90 Å². The van der Waals surface area contributed by atoms with Crippen LogP contribution < -0.4 is 0 Å². The Morgan fingerprint density at radius 1 is 1.19 bits per heavy atom. The van der Waals surface area contributed by atoms with Crippen molar-refractivity contribution < 1.29 is 24.2 Å². The molecule has 1 heterocycles. The van der Waals surface area contributed by atoms with Crippen LogP contribution in [-0.2, 0) is 14.3 Å². The van der Waals surface area contributed by atoms with Gasteiger partial charge in [-0.05, 0) is 40.0 Å². The Bertz CT molecular complexity index is 438. The second kappa shape index (κ2) is 5.16. The number of amides is 1. The van der Waals surface area contributed by atoms with Gasteiger partial charge in [-0.25, -0.2) is 4.79 Å². The van der Waals surface area contributed by atoms with Crippen LogP contribution in [0.3, 0.4) is 0 Å². The van der Waals surface area contributed by atoms with E-state index >= 15 is 0 Å². The van der Waals surface area contributed by atoms with Crippen molar-refractivity contribution in [3.8, 4) is 0 Å². The number of likely N-dealkylation sites (tertiary alicyclic amines) is 1. The summed E-state index contributed by atoms with van der Waals surface area (Å²) in [7, 11) is 1.34. The number of hydrogen-bond acceptors (Lipinski definition) is 5. The third kappa shape index (κ3) is 2.73. The van der Waals surface area contributed by atoms with Gasteiger partial charge in [-0.3, -0.25) is 4.79 Å². The van der Waals surface area contributed by atoms with Crippen molar-refractivity contribution in [3.63, 3.8) is 0 Å². The highest BCUT2D eigenvalue weighted by molar-refractivity contribution is 5.80. The van der Waals surface area contributed by atoms with Crippen molar-refractivity contribution in [2.24, 2.45) is 5.41 Å². The van der Waals surface area contributed by atoms with Crippen LogP contribution in [0.1, 0.15) is 46.5 Å². The zero-order chi connectivity index (χ0) is 15.9. The molecule has 0 aromatic carbocycles. The van der Waals surface area contributed by atoms with Crippen molar-refractivity contribution in [2.45, 2.75) is 57.7 Å². The Kier molecular flexibility index (Phi) is 3.95. The van der Waals surface area contributed by atoms with Gasteiger partial charge in [-0.1, -0.05) is 6.42 Å². The molecular weight excluding hydrogens is 274 g/mol. The standard InChI is InChI=1S/C15H25NO5/c1-13(2,3)21-12(18)16-9-8-15(19,10-16)14(6-5-7-14)11(17)20-4/h19H,5-10H2,1-4H3. The number of carbonyl (C=O) groups excluding carboxylic acids is 2. The average molecular weight is 299 g/mol. The van der Waals surface area contributed by atoms with Gasteiger partial charge in [0.25, 0.3) is 0 Å². The molecule has 0 aromatic heterocycles. The van der Waals surface area contributed by atoms with Gasteiger partial charge in [0.1, 0.15) is 11.2 Å². The summed E-state index contributed by atoms with van der Waals surface area (Å²) >= 11 is 0. The number of aliphatic hydroxyl groups is 1. The molecule has 1 N–H and O–H groups in total. The topological polar surface area (TPSA) is 76.1 Å². The van der Waals surface area contributed by atoms with E-state index in [-0.39, 0.29) is 12.5 Å². The van der Waals surface area contributed by atoms with E-state index in [2.05, 4.69) is 0 Å². The molecule has 1 aliphatic heterocycles. The van der Waals surface area contributed by atoms with E-state index in [4.69, 9.17) is 9.47 Å². The highest BCUT2D eigenvalue weighted by Crippen LogP contribution is 2.53. The quantitative estimate of drug-likeness (QED) is 0.785. The largest absolute Gasteiger partial charge is 0.469 e. The van der Waals surface area contributed by atoms with Crippen molar-refractivity contribution in [2.75, 3.05) is 20.2 Å². The second-order valence-electron chi connectivity index (χ2n) is 7.11. The lowest BCUT2D eigenvalue weighted by molar-refractivity contribution is -0.185. The summed E-state index contributed by atoms with van der Waals surface area (Å²) in [5.41, 5.74) is -2.65. The van der Waals surface area contributed by atoms with Crippen LogP contribution in [-0.4, -0.2) is 53.5 Å². The highest BCUT2D eigenvalue weighted by Gasteiger charge is 2.62. The molecule has 0 spiro atoms. The first kappa shape index (κ1) is 16.1. The highest BCUT2D eigenvalue weighted by atomic mass is 16.6. The summed E-state index contributed by atoms with van der Waals surface area (Å²) in [5.74, 6) is -0.373. The fraction of sp³-hybridized carbons (Fsp3) is 0.867. The third-order valence-electron chi connectivity index (χ3n) is 4.57. The summed E-state index contributed by atoms with van der Waals surface area (Å²) in [5, 5.41) is 10.9. The van der Waals surface area contributed by atoms with Crippen LogP contribution in [0.4, 0.5) is 4.79 Å². The minimum Gasteiger partial charge on any atom is -0.469 e. The van der Waals surface area contributed by atoms with Gasteiger partial charge in [0.05, 0.1) is 19.1 Å². The van der Waals surface area contributed by atoms with Crippen molar-refractivity contribution >= 4 is 12.1 Å². The van der Waals surface area contributed by atoms with E-state index in [0.717, 1.165) is 6.42 Å². The molecule has 2 rings (SSSR count). The zero-order valence-corrected chi connectivity index (χ0v) is 13.3. The van der Waals surface area contributed by atoms with Crippen LogP contribution in [0.2, 0.25) is 0 Å². The lowest BCUT2D eigenvalue weighted by Gasteiger charge is -2.48. The molecule has 0 bridgehead atoms. The summed E-state index contributed by atoms with van der Waals surface area (Å²) in [4.78, 5) is 25.7. The minimum absolute atomic E-state index is 0.122. The molecule has 1 atom stereocenters. The SMILES string of the molecule is COC(=O)C1(C2(O)CCN(C(=O)OC(C)(C)C)C2)CCC1. The van der Waals surface area contributed by atoms with E-state index in [1.54, 1.807) is 20.8 Å². The first-order chi connectivity index (χ1) is 9.63. The number of β-amino-alcohol motifs (C(OH)–C–C–N with tert-alkyl or cyclic N) is 1. The molecule has 0 radical (unpaired) electrons. The van der Waals surface area contributed by atoms with Gasteiger partial charge >= 0.3 is 12.1 Å². The van der Waals surface area contributed by atoms with E-state index in [0.29, 0.717) is 25.8 Å². The summed E-state index contributed by atoms with van der Waals surface area (Å²) in [6.07, 6.45) is 2.04. The van der Waals surface area contributed by atoms with E-state index < -0.39 is 22.7 Å². The van der Waals surface area contributed by atoms with Crippen LogP contribution in [0.5, 0.6) is 0 Å². The van der Waals surface area contributed by atoms with E-state index in [9.17, 15) is 14.7 Å². The summed E-state index contributed by atoms with van der Waals surface area (Å²) in [6.45, 7) is 5.92. The van der Waals surface area contributed by atoms with Crippen LogP contribution >= 0.6 is 0 Å². The Morgan fingerprint density at radius 2 is 1.81 bits per heavy atom. The molecule has 1 amide bonds. The third-order valence-corrected chi connectivity index (χ3v) is 4.57. The zero-order valence-electron chi connectivity index (χ0n) is 13.3. The number of esters is 1. The maximum atomic E-state index is 12.1. The Labute approximate surface area is 125 Å². The molecule has 120 valence electrons. The Balaban J connectivity index is 2.10. The number of ether oxygens (including phenoxy) is 2. The predicted octanol–water partition coefficient (Wildman–Crippen LogP) is 1.70. The second-order valence-corrected chi connectivity index (χ2v) is 7.11. The smallest absolute Gasteiger partial charge is 0.410 e. The maximum absolute atomic E-state index is 12.1. The van der Waals surface area contributed by atoms with Gasteiger partial charge in [-0.2, -0.15) is 0 Å². The summed E-state index contributed by atoms with van der Waals surface area (Å²) < 4.78 is 10.2. The lowest BCUT2D eigenvalue weighted by Crippen LogP contribution is -2.59. The normalized spacial score (nSPS) is 28.0. The molecule has 0 aromatic rings. The van der Waals surface area contributed by atoms with Gasteiger partial charge in [0.2, 0.25) is 0 Å². The summed E-state index contributed by atoms with van der Waals surface area (Å²) in [6, 6.07) is 0. The predicted molar refractivity (Wildman–Crippen MR) is 75.7 cm³/mol. The molecule has 1 saturated heterocycles. The fourth-order valence-electron chi connectivity index (χ4n) is 3.25. The monoisotopic (exact) mass is 299 g/mol. The molecule has 6 heteroatoms. The number of hydrogen-bond donors (Lipinski definition) is 1. The first-order valence-corrected chi connectivity index (χ1v) is 7.42. The first-order valence-electron chi connectivity index (χ1n) is 7.42. The fourth-order valence-corrected chi connectivity index (χ4v) is 3.25. The van der Waals surface area contributed by atoms with Crippen molar-refractivity contribution in [3.05, 3.63) is 0 Å². The van der Waals surface area contributed by atoms with Crippen molar-refractivity contribution in [1.29, 1.82) is 0 Å². The average Bonchev–Trinajstić information content (AvgIpc) is 2.69. The van der Waals surface area contributed by atoms with Crippen LogP contribution in [0.15, 0.2) is 0 Å². The van der Waals surface area contributed by atoms with Crippen LogP contribution in [0, 0.1) is 5.41 Å². The van der Waals surface area contributed by atoms with E-state index in [1.807, 2.05) is 0 Å². The molecule has 21 heavy (non-hydrogen) atoms. The van der Waals surface area contributed by atoms with Gasteiger partial charge < -0.3 is 19.5 Å². The molecule has 1 saturated carbocycles. The Hall–Kier alpha value is -1.30. The number of carbonyl (C=O) groups is 2. The molecule has 1 aliphatic carbocycles. The Morgan fingerprint density at radius 3 is 2.24 bits per heavy atom. The number of methoxy groups -OCH3 is 1. The molecular formula is C15H25NO5. The minimum atomic E-state index is -1.21. The maximum Gasteiger partial charge on any atom is 0.410 e. The molecule has 2 fully saturated rings. The number of nitrogens with zero attached hydrogens (tertiary/aromatic N) is 1. The number of rotatable bonds is 2. The molecule has 1 unspecified atom stereocenters. The van der Waals surface area contributed by atoms with Gasteiger partial charge in [-0.15, -0.1) is 0 Å². The molecule has 2 aliphatic rings. The molecule has 6 nitrogen and oxygen atoms in total. The lowest BCUT2D eigenvalue weighted by atomic mass is 9.58. The van der Waals surface area contributed by atoms with E-state index in [1.165, 1.54) is 12.0 Å². The van der Waals surface area contributed by atoms with Crippen LogP contribution in [0.25, 0.3) is 0 Å².